The highest BCUT2D eigenvalue weighted by atomic mass is 32.2. The molecule has 0 radical (unpaired) electrons. The van der Waals surface area contributed by atoms with Crippen LogP contribution in [0.1, 0.15) is 44.2 Å². The summed E-state index contributed by atoms with van der Waals surface area (Å²) in [6.45, 7) is 4.04. The Morgan fingerprint density at radius 1 is 1.16 bits per heavy atom. The number of amides is 2. The lowest BCUT2D eigenvalue weighted by Crippen LogP contribution is -2.48. The van der Waals surface area contributed by atoms with Crippen LogP contribution in [0.3, 0.4) is 0 Å². The molecule has 1 aromatic rings. The largest absolute Gasteiger partial charge is 0.330 e. The van der Waals surface area contributed by atoms with E-state index in [1.807, 2.05) is 6.07 Å². The molecule has 1 fully saturated rings. The summed E-state index contributed by atoms with van der Waals surface area (Å²) in [7, 11) is -3.93. The van der Waals surface area contributed by atoms with E-state index in [0.717, 1.165) is 24.8 Å². The van der Waals surface area contributed by atoms with Gasteiger partial charge in [-0.2, -0.15) is 0 Å². The monoisotopic (exact) mass is 364 g/mol. The van der Waals surface area contributed by atoms with Crippen LogP contribution in [-0.4, -0.2) is 37.7 Å². The topological polar surface area (TPSA) is 83.6 Å². The number of benzene rings is 1. The van der Waals surface area contributed by atoms with Gasteiger partial charge >= 0.3 is 0 Å². The molecule has 3 rings (SSSR count). The highest BCUT2D eigenvalue weighted by molar-refractivity contribution is 7.90. The predicted octanol–water partition coefficient (Wildman–Crippen LogP) is 1.63. The molecule has 0 aromatic heterocycles. The minimum absolute atomic E-state index is 0.112. The maximum Gasteiger partial charge on any atom is 0.264 e. The zero-order valence-electron chi connectivity index (χ0n) is 14.6. The molecule has 0 unspecified atom stereocenters. The van der Waals surface area contributed by atoms with Crippen molar-refractivity contribution < 1.29 is 18.0 Å². The van der Waals surface area contributed by atoms with Gasteiger partial charge in [0.2, 0.25) is 5.91 Å². The Labute approximate surface area is 148 Å². The van der Waals surface area contributed by atoms with Crippen molar-refractivity contribution in [1.29, 1.82) is 0 Å². The molecule has 1 atom stereocenters. The third-order valence-electron chi connectivity index (χ3n) is 4.95. The van der Waals surface area contributed by atoms with Crippen LogP contribution in [0.5, 0.6) is 0 Å². The van der Waals surface area contributed by atoms with Crippen LogP contribution in [0.15, 0.2) is 23.1 Å². The molecule has 25 heavy (non-hydrogen) atoms. The second-order valence-electron chi connectivity index (χ2n) is 7.10. The predicted molar refractivity (Wildman–Crippen MR) is 93.4 cm³/mol. The molecule has 7 heteroatoms. The molecule has 1 saturated heterocycles. The van der Waals surface area contributed by atoms with E-state index in [1.54, 1.807) is 26.0 Å². The Hall–Kier alpha value is -1.89. The second-order valence-corrected chi connectivity index (χ2v) is 8.78. The molecule has 0 bridgehead atoms. The van der Waals surface area contributed by atoms with Gasteiger partial charge in [0.15, 0.2) is 0 Å². The molecule has 0 spiro atoms. The molecule has 1 aliphatic carbocycles. The molecule has 0 saturated carbocycles. The molecule has 1 aromatic carbocycles. The van der Waals surface area contributed by atoms with Crippen LogP contribution in [0, 0.1) is 5.92 Å². The average molecular weight is 364 g/mol. The normalized spacial score (nSPS) is 20.0. The van der Waals surface area contributed by atoms with Crippen molar-refractivity contribution in [3.63, 3.8) is 0 Å². The summed E-state index contributed by atoms with van der Waals surface area (Å²) in [6.07, 6.45) is 4.06. The van der Waals surface area contributed by atoms with Crippen LogP contribution in [0.25, 0.3) is 0 Å². The van der Waals surface area contributed by atoms with Gasteiger partial charge in [-0.1, -0.05) is 19.9 Å². The first kappa shape index (κ1) is 17.9. The molecule has 6 nitrogen and oxygen atoms in total. The number of hydrogen-bond donors (Lipinski definition) is 1. The van der Waals surface area contributed by atoms with Crippen LogP contribution >= 0.6 is 0 Å². The molecule has 1 heterocycles. The molecule has 136 valence electrons. The first-order chi connectivity index (χ1) is 11.8. The smallest absolute Gasteiger partial charge is 0.264 e. The first-order valence-electron chi connectivity index (χ1n) is 8.78. The van der Waals surface area contributed by atoms with E-state index in [2.05, 4.69) is 4.72 Å². The second kappa shape index (κ2) is 6.78. The molecular formula is C18H24N2O4S. The van der Waals surface area contributed by atoms with E-state index in [0.29, 0.717) is 19.4 Å². The Morgan fingerprint density at radius 3 is 2.60 bits per heavy atom. The van der Waals surface area contributed by atoms with Crippen LogP contribution in [0.4, 0.5) is 0 Å². The van der Waals surface area contributed by atoms with Crippen molar-refractivity contribution in [3.05, 3.63) is 29.3 Å². The number of aryl methyl sites for hydroxylation is 2. The van der Waals surface area contributed by atoms with Gasteiger partial charge < -0.3 is 4.90 Å². The van der Waals surface area contributed by atoms with Gasteiger partial charge in [-0.05, 0) is 55.4 Å². The van der Waals surface area contributed by atoms with Gasteiger partial charge in [-0.3, -0.25) is 9.59 Å². The lowest BCUT2D eigenvalue weighted by Gasteiger charge is -2.25. The number of likely N-dealkylation sites (tertiary alicyclic amines) is 1. The lowest BCUT2D eigenvalue weighted by atomic mass is 10.1. The summed E-state index contributed by atoms with van der Waals surface area (Å²) in [6, 6.07) is 4.32. The fourth-order valence-corrected chi connectivity index (χ4v) is 4.67. The molecule has 1 N–H and O–H groups in total. The highest BCUT2D eigenvalue weighted by Crippen LogP contribution is 2.25. The van der Waals surface area contributed by atoms with Crippen LogP contribution < -0.4 is 4.72 Å². The highest BCUT2D eigenvalue weighted by Gasteiger charge is 2.36. The van der Waals surface area contributed by atoms with E-state index in [9.17, 15) is 18.0 Å². The van der Waals surface area contributed by atoms with Gasteiger partial charge in [0.25, 0.3) is 15.9 Å². The molecular weight excluding hydrogens is 340 g/mol. The van der Waals surface area contributed by atoms with Gasteiger partial charge in [0.05, 0.1) is 4.90 Å². The van der Waals surface area contributed by atoms with Gasteiger partial charge in [0, 0.05) is 12.5 Å². The number of fused-ring (bicyclic) bond motifs is 1. The Balaban J connectivity index is 1.76. The van der Waals surface area contributed by atoms with E-state index in [-0.39, 0.29) is 16.7 Å². The number of nitrogens with zero attached hydrogens (tertiary/aromatic N) is 1. The van der Waals surface area contributed by atoms with Gasteiger partial charge in [-0.25, -0.2) is 13.1 Å². The minimum Gasteiger partial charge on any atom is -0.330 e. The van der Waals surface area contributed by atoms with E-state index in [4.69, 9.17) is 0 Å². The fourth-order valence-electron chi connectivity index (χ4n) is 3.61. The van der Waals surface area contributed by atoms with Crippen molar-refractivity contribution in [2.45, 2.75) is 56.9 Å². The quantitative estimate of drug-likeness (QED) is 0.880. The number of rotatable bonds is 4. The summed E-state index contributed by atoms with van der Waals surface area (Å²) in [4.78, 5) is 26.4. The number of nitrogens with one attached hydrogen (secondary N) is 1. The van der Waals surface area contributed by atoms with Crippen molar-refractivity contribution >= 4 is 21.8 Å². The minimum atomic E-state index is -3.93. The summed E-state index contributed by atoms with van der Waals surface area (Å²) in [5, 5.41) is 0. The van der Waals surface area contributed by atoms with Gasteiger partial charge in [0.1, 0.15) is 6.04 Å². The Bertz CT molecular complexity index is 801. The summed E-state index contributed by atoms with van der Waals surface area (Å²) in [5.41, 5.74) is 2.21. The van der Waals surface area contributed by atoms with Gasteiger partial charge in [-0.15, -0.1) is 0 Å². The fraction of sp³-hybridized carbons (Fsp3) is 0.556. The first-order valence-corrected chi connectivity index (χ1v) is 10.3. The van der Waals surface area contributed by atoms with Crippen molar-refractivity contribution in [1.82, 2.24) is 9.62 Å². The summed E-state index contributed by atoms with van der Waals surface area (Å²) >= 11 is 0. The summed E-state index contributed by atoms with van der Waals surface area (Å²) in [5.74, 6) is -0.957. The molecule has 2 aliphatic rings. The standard InChI is InChI=1S/C18H24N2O4S/c1-12(2)18(22)20-10-4-7-16(20)17(21)19-25(23,24)15-9-8-13-5-3-6-14(13)11-15/h8-9,11-12,16H,3-7,10H2,1-2H3,(H,19,21)/t16-/m1/s1. The van der Waals surface area contributed by atoms with Crippen molar-refractivity contribution in [2.75, 3.05) is 6.54 Å². The van der Waals surface area contributed by atoms with Crippen molar-refractivity contribution in [2.24, 2.45) is 5.92 Å². The zero-order valence-corrected chi connectivity index (χ0v) is 15.4. The Kier molecular flexibility index (Phi) is 4.86. The third-order valence-corrected chi connectivity index (χ3v) is 6.29. The number of hydrogen-bond acceptors (Lipinski definition) is 4. The maximum atomic E-state index is 12.6. The van der Waals surface area contributed by atoms with Crippen molar-refractivity contribution in [3.8, 4) is 0 Å². The van der Waals surface area contributed by atoms with Crippen LogP contribution in [0.2, 0.25) is 0 Å². The number of carbonyl (C=O) groups excluding carboxylic acids is 2. The summed E-state index contributed by atoms with van der Waals surface area (Å²) < 4.78 is 27.3. The number of carbonyl (C=O) groups is 2. The number of sulfonamides is 1. The van der Waals surface area contributed by atoms with E-state index >= 15 is 0 Å². The average Bonchev–Trinajstić information content (AvgIpc) is 3.21. The third kappa shape index (κ3) is 3.56. The molecule has 2 amide bonds. The maximum absolute atomic E-state index is 12.6. The van der Waals surface area contributed by atoms with E-state index < -0.39 is 22.0 Å². The molecule has 1 aliphatic heterocycles. The zero-order chi connectivity index (χ0) is 18.2. The SMILES string of the molecule is CC(C)C(=O)N1CCC[C@@H]1C(=O)NS(=O)(=O)c1ccc2c(c1)CCC2. The Morgan fingerprint density at radius 2 is 1.88 bits per heavy atom. The van der Waals surface area contributed by atoms with E-state index in [1.165, 1.54) is 10.5 Å². The lowest BCUT2D eigenvalue weighted by molar-refractivity contribution is -0.140. The van der Waals surface area contributed by atoms with Crippen LogP contribution in [-0.2, 0) is 32.5 Å².